The Hall–Kier alpha value is -2.44. The minimum Gasteiger partial charge on any atom is -0.436 e. The first-order valence-corrected chi connectivity index (χ1v) is 7.84. The molecule has 3 rings (SSSR count). The van der Waals surface area contributed by atoms with Crippen molar-refractivity contribution in [2.24, 2.45) is 0 Å². The fourth-order valence-electron chi connectivity index (χ4n) is 2.25. The molecule has 7 heteroatoms. The number of rotatable bonds is 6. The third-order valence-corrected chi connectivity index (χ3v) is 3.76. The predicted molar refractivity (Wildman–Crippen MR) is 91.1 cm³/mol. The van der Waals surface area contributed by atoms with Crippen molar-refractivity contribution in [2.45, 2.75) is 6.42 Å². The molecule has 1 aromatic carbocycles. The molecule has 124 valence electrons. The summed E-state index contributed by atoms with van der Waals surface area (Å²) in [7, 11) is 1.63. The second-order valence-corrected chi connectivity index (χ2v) is 5.57. The Bertz CT molecular complexity index is 863. The molecular weight excluding hydrogens is 330 g/mol. The number of aromatic nitrogens is 2. The number of amides is 1. The number of pyridine rings is 1. The molecule has 0 aliphatic rings. The number of oxazole rings is 1. The average molecular weight is 346 g/mol. The summed E-state index contributed by atoms with van der Waals surface area (Å²) >= 11 is 6.11. The van der Waals surface area contributed by atoms with E-state index in [1.54, 1.807) is 37.6 Å². The van der Waals surface area contributed by atoms with Gasteiger partial charge in [0.05, 0.1) is 10.6 Å². The number of carbonyl (C=O) groups excluding carboxylic acids is 1. The first kappa shape index (κ1) is 16.4. The quantitative estimate of drug-likeness (QED) is 0.693. The largest absolute Gasteiger partial charge is 0.436 e. The van der Waals surface area contributed by atoms with E-state index < -0.39 is 0 Å². The number of fused-ring (bicyclic) bond motifs is 1. The van der Waals surface area contributed by atoms with Gasteiger partial charge in [0.1, 0.15) is 5.52 Å². The summed E-state index contributed by atoms with van der Waals surface area (Å²) < 4.78 is 10.7. The average Bonchev–Trinajstić information content (AvgIpc) is 3.01. The Balaban J connectivity index is 1.82. The van der Waals surface area contributed by atoms with Crippen LogP contribution in [0.15, 0.2) is 41.1 Å². The summed E-state index contributed by atoms with van der Waals surface area (Å²) in [4.78, 5) is 20.5. The molecule has 0 atom stereocenters. The standard InChI is InChI=1S/C17H16ClN3O3/c1-23-8-2-6-20-16(22)11-3-4-15-14(9-11)21-17(24-15)12-5-7-19-10-13(12)18/h3-5,7,9-10H,2,6,8H2,1H3,(H,20,22). The summed E-state index contributed by atoms with van der Waals surface area (Å²) in [5.74, 6) is 0.245. The Morgan fingerprint density at radius 2 is 2.25 bits per heavy atom. The summed E-state index contributed by atoms with van der Waals surface area (Å²) in [6.45, 7) is 1.17. The zero-order chi connectivity index (χ0) is 16.9. The predicted octanol–water partition coefficient (Wildman–Crippen LogP) is 3.31. The van der Waals surface area contributed by atoms with Gasteiger partial charge in [-0.2, -0.15) is 0 Å². The Kier molecular flexibility index (Phi) is 5.08. The van der Waals surface area contributed by atoms with Gasteiger partial charge in [-0.3, -0.25) is 9.78 Å². The fourth-order valence-corrected chi connectivity index (χ4v) is 2.45. The molecule has 0 fully saturated rings. The highest BCUT2D eigenvalue weighted by molar-refractivity contribution is 6.33. The second-order valence-electron chi connectivity index (χ2n) is 5.16. The molecule has 0 saturated heterocycles. The molecule has 24 heavy (non-hydrogen) atoms. The van der Waals surface area contributed by atoms with E-state index >= 15 is 0 Å². The van der Waals surface area contributed by atoms with Gasteiger partial charge in [0.15, 0.2) is 5.58 Å². The van der Waals surface area contributed by atoms with Crippen molar-refractivity contribution in [1.82, 2.24) is 15.3 Å². The number of halogens is 1. The lowest BCUT2D eigenvalue weighted by atomic mass is 10.2. The Morgan fingerprint density at radius 3 is 3.04 bits per heavy atom. The maximum atomic E-state index is 12.1. The maximum Gasteiger partial charge on any atom is 0.251 e. The van der Waals surface area contributed by atoms with E-state index in [0.717, 1.165) is 6.42 Å². The number of benzene rings is 1. The van der Waals surface area contributed by atoms with Crippen LogP contribution >= 0.6 is 11.6 Å². The molecule has 0 unspecified atom stereocenters. The van der Waals surface area contributed by atoms with E-state index in [-0.39, 0.29) is 5.91 Å². The molecule has 0 aliphatic heterocycles. The fraction of sp³-hybridized carbons (Fsp3) is 0.235. The van der Waals surface area contributed by atoms with E-state index in [0.29, 0.717) is 46.3 Å². The summed E-state index contributed by atoms with van der Waals surface area (Å²) in [6.07, 6.45) is 3.92. The third-order valence-electron chi connectivity index (χ3n) is 3.46. The van der Waals surface area contributed by atoms with Crippen LogP contribution in [-0.2, 0) is 4.74 Å². The van der Waals surface area contributed by atoms with Gasteiger partial charge in [-0.1, -0.05) is 11.6 Å². The van der Waals surface area contributed by atoms with Crippen LogP contribution in [0, 0.1) is 0 Å². The molecule has 0 bridgehead atoms. The molecule has 0 aliphatic carbocycles. The Labute approximate surface area is 143 Å². The molecule has 2 heterocycles. The number of carbonyl (C=O) groups is 1. The van der Waals surface area contributed by atoms with Crippen molar-refractivity contribution in [3.8, 4) is 11.5 Å². The van der Waals surface area contributed by atoms with Crippen molar-refractivity contribution in [3.63, 3.8) is 0 Å². The number of hydrogen-bond donors (Lipinski definition) is 1. The molecule has 6 nitrogen and oxygen atoms in total. The minimum atomic E-state index is -0.153. The van der Waals surface area contributed by atoms with Gasteiger partial charge in [-0.05, 0) is 30.7 Å². The van der Waals surface area contributed by atoms with E-state index in [1.807, 2.05) is 0 Å². The van der Waals surface area contributed by atoms with Gasteiger partial charge in [0.2, 0.25) is 5.89 Å². The smallest absolute Gasteiger partial charge is 0.251 e. The molecule has 0 saturated carbocycles. The van der Waals surface area contributed by atoms with Gasteiger partial charge in [-0.25, -0.2) is 4.98 Å². The summed E-state index contributed by atoms with van der Waals surface area (Å²) in [6, 6.07) is 6.86. The number of ether oxygens (including phenoxy) is 1. The van der Waals surface area contributed by atoms with Crippen molar-refractivity contribution in [2.75, 3.05) is 20.3 Å². The second kappa shape index (κ2) is 7.42. The van der Waals surface area contributed by atoms with E-state index in [4.69, 9.17) is 20.8 Å². The SMILES string of the molecule is COCCCNC(=O)c1ccc2oc(-c3ccncc3Cl)nc2c1. The van der Waals surface area contributed by atoms with Crippen LogP contribution in [0.2, 0.25) is 5.02 Å². The van der Waals surface area contributed by atoms with Crippen LogP contribution in [0.1, 0.15) is 16.8 Å². The Morgan fingerprint density at radius 1 is 1.38 bits per heavy atom. The molecule has 2 aromatic heterocycles. The molecule has 0 radical (unpaired) electrons. The zero-order valence-electron chi connectivity index (χ0n) is 13.1. The van der Waals surface area contributed by atoms with Gasteiger partial charge in [0, 0.05) is 38.2 Å². The number of nitrogens with zero attached hydrogens (tertiary/aromatic N) is 2. The van der Waals surface area contributed by atoms with Gasteiger partial charge in [-0.15, -0.1) is 0 Å². The monoisotopic (exact) mass is 345 g/mol. The van der Waals surface area contributed by atoms with Crippen LogP contribution < -0.4 is 5.32 Å². The number of methoxy groups -OCH3 is 1. The lowest BCUT2D eigenvalue weighted by Gasteiger charge is -2.04. The van der Waals surface area contributed by atoms with Crippen molar-refractivity contribution in [1.29, 1.82) is 0 Å². The highest BCUT2D eigenvalue weighted by Crippen LogP contribution is 2.29. The first-order chi connectivity index (χ1) is 11.7. The van der Waals surface area contributed by atoms with Gasteiger partial charge >= 0.3 is 0 Å². The molecule has 3 aromatic rings. The number of hydrogen-bond acceptors (Lipinski definition) is 5. The maximum absolute atomic E-state index is 12.1. The van der Waals surface area contributed by atoms with Gasteiger partial charge < -0.3 is 14.5 Å². The van der Waals surface area contributed by atoms with E-state index in [1.165, 1.54) is 6.20 Å². The first-order valence-electron chi connectivity index (χ1n) is 7.46. The van der Waals surface area contributed by atoms with E-state index in [9.17, 15) is 4.79 Å². The van der Waals surface area contributed by atoms with Crippen LogP contribution in [-0.4, -0.2) is 36.1 Å². The van der Waals surface area contributed by atoms with Crippen LogP contribution in [0.4, 0.5) is 0 Å². The minimum absolute atomic E-state index is 0.153. The molecule has 1 N–H and O–H groups in total. The highest BCUT2D eigenvalue weighted by Gasteiger charge is 2.13. The van der Waals surface area contributed by atoms with Crippen LogP contribution in [0.25, 0.3) is 22.6 Å². The van der Waals surface area contributed by atoms with Crippen molar-refractivity contribution in [3.05, 3.63) is 47.2 Å². The molecule has 0 spiro atoms. The molecular formula is C17H16ClN3O3. The topological polar surface area (TPSA) is 77.2 Å². The van der Waals surface area contributed by atoms with Crippen LogP contribution in [0.3, 0.4) is 0 Å². The van der Waals surface area contributed by atoms with Crippen LogP contribution in [0.5, 0.6) is 0 Å². The van der Waals surface area contributed by atoms with E-state index in [2.05, 4.69) is 15.3 Å². The number of nitrogens with one attached hydrogen (secondary N) is 1. The third kappa shape index (κ3) is 3.55. The van der Waals surface area contributed by atoms with Crippen molar-refractivity contribution >= 4 is 28.6 Å². The lowest BCUT2D eigenvalue weighted by Crippen LogP contribution is -2.25. The summed E-state index contributed by atoms with van der Waals surface area (Å²) in [5.41, 5.74) is 2.38. The lowest BCUT2D eigenvalue weighted by molar-refractivity contribution is 0.0948. The zero-order valence-corrected chi connectivity index (χ0v) is 13.8. The van der Waals surface area contributed by atoms with Gasteiger partial charge in [0.25, 0.3) is 5.91 Å². The highest BCUT2D eigenvalue weighted by atomic mass is 35.5. The molecule has 1 amide bonds. The summed E-state index contributed by atoms with van der Waals surface area (Å²) in [5, 5.41) is 3.30. The van der Waals surface area contributed by atoms with Crippen molar-refractivity contribution < 1.29 is 13.9 Å². The normalized spacial score (nSPS) is 10.9.